The molecule has 0 radical (unpaired) electrons. The molecule has 0 saturated carbocycles. The standard InChI is InChI=1S/C25H36N2O2/c1-4-9-23-11-13-25(14-12-23)29-22-8-16-27-19-17-26(18-20-27)15-7-21-28-24(6-3)10-5-2/h4-6,9-14H,2-3,7-8,15-22H2,1H3/b9-4+,24-10+. The van der Waals surface area contributed by atoms with Gasteiger partial charge in [-0.1, -0.05) is 43.5 Å². The van der Waals surface area contributed by atoms with Crippen molar-refractivity contribution in [1.82, 2.24) is 9.80 Å². The monoisotopic (exact) mass is 396 g/mol. The highest BCUT2D eigenvalue weighted by atomic mass is 16.5. The highest BCUT2D eigenvalue weighted by Crippen LogP contribution is 2.13. The molecule has 0 aliphatic carbocycles. The van der Waals surface area contributed by atoms with Gasteiger partial charge in [0.2, 0.25) is 0 Å². The fraction of sp³-hybridized carbons (Fsp3) is 0.440. The molecule has 1 aliphatic rings. The van der Waals surface area contributed by atoms with E-state index in [4.69, 9.17) is 9.47 Å². The maximum absolute atomic E-state index is 5.87. The number of rotatable bonds is 13. The lowest BCUT2D eigenvalue weighted by atomic mass is 10.2. The summed E-state index contributed by atoms with van der Waals surface area (Å²) in [5.74, 6) is 1.74. The van der Waals surface area contributed by atoms with Crippen LogP contribution in [0.5, 0.6) is 5.75 Å². The molecule has 1 aromatic rings. The van der Waals surface area contributed by atoms with Gasteiger partial charge in [0.1, 0.15) is 11.5 Å². The summed E-state index contributed by atoms with van der Waals surface area (Å²) in [5, 5.41) is 0. The summed E-state index contributed by atoms with van der Waals surface area (Å²) in [4.78, 5) is 5.06. The van der Waals surface area contributed by atoms with E-state index in [1.54, 1.807) is 12.2 Å². The topological polar surface area (TPSA) is 24.9 Å². The van der Waals surface area contributed by atoms with Crippen molar-refractivity contribution in [2.45, 2.75) is 19.8 Å². The van der Waals surface area contributed by atoms with E-state index in [9.17, 15) is 0 Å². The van der Waals surface area contributed by atoms with Crippen LogP contribution >= 0.6 is 0 Å². The molecule has 4 nitrogen and oxygen atoms in total. The van der Waals surface area contributed by atoms with Gasteiger partial charge in [0.15, 0.2) is 0 Å². The molecule has 1 saturated heterocycles. The first-order chi connectivity index (χ1) is 14.2. The van der Waals surface area contributed by atoms with Gasteiger partial charge in [-0.2, -0.15) is 0 Å². The average Bonchev–Trinajstić information content (AvgIpc) is 2.75. The third-order valence-corrected chi connectivity index (χ3v) is 4.96. The molecule has 29 heavy (non-hydrogen) atoms. The number of ether oxygens (including phenoxy) is 2. The highest BCUT2D eigenvalue weighted by molar-refractivity contribution is 5.50. The van der Waals surface area contributed by atoms with E-state index in [-0.39, 0.29) is 0 Å². The van der Waals surface area contributed by atoms with Crippen LogP contribution in [-0.4, -0.2) is 62.3 Å². The lowest BCUT2D eigenvalue weighted by molar-refractivity contribution is 0.115. The zero-order valence-corrected chi connectivity index (χ0v) is 17.9. The third-order valence-electron chi connectivity index (χ3n) is 4.96. The van der Waals surface area contributed by atoms with Crippen LogP contribution in [0.3, 0.4) is 0 Å². The predicted octanol–water partition coefficient (Wildman–Crippen LogP) is 4.77. The average molecular weight is 397 g/mol. The van der Waals surface area contributed by atoms with Crippen LogP contribution in [0.15, 0.2) is 67.5 Å². The molecular weight excluding hydrogens is 360 g/mol. The molecule has 0 spiro atoms. The number of benzene rings is 1. The maximum Gasteiger partial charge on any atom is 0.119 e. The maximum atomic E-state index is 5.87. The summed E-state index contributed by atoms with van der Waals surface area (Å²) < 4.78 is 11.6. The normalized spacial score (nSPS) is 16.1. The SMILES string of the molecule is C=C/C=C(\C=C)OCCCN1CCN(CCCOc2ccc(/C=C/C)cc2)CC1. The second kappa shape index (κ2) is 13.8. The van der Waals surface area contributed by atoms with Crippen LogP contribution in [-0.2, 0) is 4.74 Å². The van der Waals surface area contributed by atoms with Crippen molar-refractivity contribution < 1.29 is 9.47 Å². The zero-order chi connectivity index (χ0) is 20.7. The van der Waals surface area contributed by atoms with Crippen LogP contribution in [0.1, 0.15) is 25.3 Å². The number of hydrogen-bond donors (Lipinski definition) is 0. The predicted molar refractivity (Wildman–Crippen MR) is 123 cm³/mol. The van der Waals surface area contributed by atoms with E-state index in [1.807, 2.05) is 31.2 Å². The molecule has 0 bridgehead atoms. The van der Waals surface area contributed by atoms with Gasteiger partial charge in [0, 0.05) is 39.3 Å². The minimum absolute atomic E-state index is 0.721. The van der Waals surface area contributed by atoms with Crippen LogP contribution in [0.25, 0.3) is 6.08 Å². The molecule has 2 rings (SSSR count). The molecule has 0 N–H and O–H groups in total. The van der Waals surface area contributed by atoms with Crippen molar-refractivity contribution in [2.24, 2.45) is 0 Å². The van der Waals surface area contributed by atoms with Crippen LogP contribution in [0.2, 0.25) is 0 Å². The first kappa shape index (κ1) is 23.0. The Balaban J connectivity index is 1.52. The minimum atomic E-state index is 0.721. The lowest BCUT2D eigenvalue weighted by Crippen LogP contribution is -2.47. The summed E-state index contributed by atoms with van der Waals surface area (Å²) in [7, 11) is 0. The quantitative estimate of drug-likeness (QED) is 0.272. The largest absolute Gasteiger partial charge is 0.494 e. The Hall–Kier alpha value is -2.30. The molecule has 0 atom stereocenters. The van der Waals surface area contributed by atoms with Crippen LogP contribution in [0, 0.1) is 0 Å². The molecular formula is C25H36N2O2. The molecule has 1 fully saturated rings. The summed E-state index contributed by atoms with van der Waals surface area (Å²) in [6.45, 7) is 17.6. The Bertz CT molecular complexity index is 656. The first-order valence-corrected chi connectivity index (χ1v) is 10.6. The molecule has 158 valence electrons. The van der Waals surface area contributed by atoms with E-state index >= 15 is 0 Å². The van der Waals surface area contributed by atoms with Crippen molar-refractivity contribution in [3.63, 3.8) is 0 Å². The van der Waals surface area contributed by atoms with E-state index in [0.29, 0.717) is 0 Å². The van der Waals surface area contributed by atoms with Crippen molar-refractivity contribution in [1.29, 1.82) is 0 Å². The number of piperazine rings is 1. The van der Waals surface area contributed by atoms with Gasteiger partial charge in [-0.05, 0) is 49.6 Å². The van der Waals surface area contributed by atoms with Gasteiger partial charge in [-0.25, -0.2) is 0 Å². The van der Waals surface area contributed by atoms with Crippen molar-refractivity contribution in [3.8, 4) is 5.75 Å². The van der Waals surface area contributed by atoms with Gasteiger partial charge in [-0.15, -0.1) is 0 Å². The summed E-state index contributed by atoms with van der Waals surface area (Å²) in [6.07, 6.45) is 11.5. The third kappa shape index (κ3) is 9.16. The fourth-order valence-corrected chi connectivity index (χ4v) is 3.35. The van der Waals surface area contributed by atoms with Crippen LogP contribution < -0.4 is 4.74 Å². The number of nitrogens with zero attached hydrogens (tertiary/aromatic N) is 2. The van der Waals surface area contributed by atoms with Crippen molar-refractivity contribution >= 4 is 6.08 Å². The molecule has 0 unspecified atom stereocenters. The van der Waals surface area contributed by atoms with Gasteiger partial charge < -0.3 is 19.3 Å². The molecule has 1 aliphatic heterocycles. The van der Waals surface area contributed by atoms with E-state index in [1.165, 1.54) is 5.56 Å². The second-order valence-corrected chi connectivity index (χ2v) is 7.17. The Morgan fingerprint density at radius 3 is 2.14 bits per heavy atom. The van der Waals surface area contributed by atoms with E-state index < -0.39 is 0 Å². The van der Waals surface area contributed by atoms with Gasteiger partial charge in [-0.3, -0.25) is 0 Å². The fourth-order valence-electron chi connectivity index (χ4n) is 3.35. The van der Waals surface area contributed by atoms with Gasteiger partial charge >= 0.3 is 0 Å². The Morgan fingerprint density at radius 2 is 1.59 bits per heavy atom. The number of hydrogen-bond acceptors (Lipinski definition) is 4. The first-order valence-electron chi connectivity index (χ1n) is 10.6. The summed E-state index contributed by atoms with van der Waals surface area (Å²) in [6, 6.07) is 8.27. The molecule has 0 amide bonds. The molecule has 4 heteroatoms. The zero-order valence-electron chi connectivity index (χ0n) is 17.9. The Kier molecular flexibility index (Phi) is 10.9. The second-order valence-electron chi connectivity index (χ2n) is 7.17. The van der Waals surface area contributed by atoms with Gasteiger partial charge in [0.25, 0.3) is 0 Å². The summed E-state index contributed by atoms with van der Waals surface area (Å²) in [5.41, 5.74) is 1.21. The van der Waals surface area contributed by atoms with E-state index in [0.717, 1.165) is 76.8 Å². The van der Waals surface area contributed by atoms with Crippen molar-refractivity contribution in [2.75, 3.05) is 52.5 Å². The molecule has 0 aromatic heterocycles. The van der Waals surface area contributed by atoms with Gasteiger partial charge in [0.05, 0.1) is 13.2 Å². The van der Waals surface area contributed by atoms with E-state index in [2.05, 4.69) is 41.2 Å². The highest BCUT2D eigenvalue weighted by Gasteiger charge is 2.16. The Morgan fingerprint density at radius 1 is 0.966 bits per heavy atom. The smallest absolute Gasteiger partial charge is 0.119 e. The van der Waals surface area contributed by atoms with Crippen LogP contribution in [0.4, 0.5) is 0 Å². The minimum Gasteiger partial charge on any atom is -0.494 e. The molecule has 1 aromatic carbocycles. The molecule has 1 heterocycles. The Labute approximate surface area is 176 Å². The van der Waals surface area contributed by atoms with Crippen molar-refractivity contribution in [3.05, 3.63) is 73.1 Å². The summed E-state index contributed by atoms with van der Waals surface area (Å²) >= 11 is 0. The lowest BCUT2D eigenvalue weighted by Gasteiger charge is -2.34. The number of allylic oxidation sites excluding steroid dienone is 4.